The minimum absolute atomic E-state index is 0.0168. The molecule has 0 radical (unpaired) electrons. The summed E-state index contributed by atoms with van der Waals surface area (Å²) in [4.78, 5) is 10.1. The highest BCUT2D eigenvalue weighted by Crippen LogP contribution is 2.16. The van der Waals surface area contributed by atoms with Crippen molar-refractivity contribution in [2.24, 2.45) is 0 Å². The zero-order chi connectivity index (χ0) is 20.3. The van der Waals surface area contributed by atoms with Crippen molar-refractivity contribution in [1.82, 2.24) is 14.5 Å². The van der Waals surface area contributed by atoms with Crippen LogP contribution in [0.1, 0.15) is 22.5 Å². The second kappa shape index (κ2) is 7.91. The number of nitro groups is 1. The monoisotopic (exact) mass is 400 g/mol. The molecule has 0 bridgehead atoms. The molecule has 3 aromatic rings. The van der Waals surface area contributed by atoms with Gasteiger partial charge in [0.05, 0.1) is 22.1 Å². The van der Waals surface area contributed by atoms with Gasteiger partial charge in [-0.1, -0.05) is 24.3 Å². The highest BCUT2D eigenvalue weighted by molar-refractivity contribution is 7.89. The number of rotatable bonds is 7. The van der Waals surface area contributed by atoms with Crippen molar-refractivity contribution in [2.45, 2.75) is 31.8 Å². The largest absolute Gasteiger partial charge is 0.269 e. The molecule has 0 fully saturated rings. The quantitative estimate of drug-likeness (QED) is 0.485. The highest BCUT2D eigenvalue weighted by Gasteiger charge is 2.15. The average Bonchev–Trinajstić information content (AvgIpc) is 2.97. The first kappa shape index (κ1) is 19.7. The van der Waals surface area contributed by atoms with Gasteiger partial charge in [-0.15, -0.1) is 0 Å². The fraction of sp³-hybridized carbons (Fsp3) is 0.211. The van der Waals surface area contributed by atoms with Gasteiger partial charge in [-0.25, -0.2) is 13.1 Å². The van der Waals surface area contributed by atoms with Crippen LogP contribution in [-0.2, 0) is 23.1 Å². The topological polar surface area (TPSA) is 107 Å². The van der Waals surface area contributed by atoms with E-state index in [1.165, 1.54) is 24.3 Å². The Labute approximate surface area is 163 Å². The molecule has 28 heavy (non-hydrogen) atoms. The summed E-state index contributed by atoms with van der Waals surface area (Å²) in [5.41, 5.74) is 3.67. The molecule has 1 N–H and O–H groups in total. The van der Waals surface area contributed by atoms with Gasteiger partial charge in [0.2, 0.25) is 10.0 Å². The fourth-order valence-electron chi connectivity index (χ4n) is 2.85. The molecule has 8 nitrogen and oxygen atoms in total. The predicted molar refractivity (Wildman–Crippen MR) is 104 cm³/mol. The van der Waals surface area contributed by atoms with Gasteiger partial charge in [-0.3, -0.25) is 14.8 Å². The summed E-state index contributed by atoms with van der Waals surface area (Å²) in [5, 5.41) is 15.1. The van der Waals surface area contributed by atoms with Crippen molar-refractivity contribution >= 4 is 15.7 Å². The zero-order valence-corrected chi connectivity index (χ0v) is 16.3. The van der Waals surface area contributed by atoms with Crippen LogP contribution in [0.3, 0.4) is 0 Å². The summed E-state index contributed by atoms with van der Waals surface area (Å²) in [6, 6.07) is 14.4. The molecule has 0 aliphatic heterocycles. The predicted octanol–water partition coefficient (Wildman–Crippen LogP) is 2.93. The molecule has 2 aromatic carbocycles. The molecule has 1 heterocycles. The van der Waals surface area contributed by atoms with E-state index in [0.29, 0.717) is 6.54 Å². The number of aryl methyl sites for hydroxylation is 2. The van der Waals surface area contributed by atoms with Crippen LogP contribution in [-0.4, -0.2) is 23.1 Å². The maximum absolute atomic E-state index is 12.4. The van der Waals surface area contributed by atoms with Gasteiger partial charge in [0.15, 0.2) is 0 Å². The van der Waals surface area contributed by atoms with Crippen molar-refractivity contribution in [1.29, 1.82) is 0 Å². The van der Waals surface area contributed by atoms with Gasteiger partial charge in [0.25, 0.3) is 5.69 Å². The van der Waals surface area contributed by atoms with Crippen molar-refractivity contribution in [2.75, 3.05) is 0 Å². The SMILES string of the molecule is Cc1cc(C)n(Cc2cccc(CNS(=O)(=O)c3ccc([N+](=O)[O-])cc3)c2)n1. The summed E-state index contributed by atoms with van der Waals surface area (Å²) in [6.07, 6.45) is 0. The second-order valence-corrected chi connectivity index (χ2v) is 8.25. The molecule has 0 unspecified atom stereocenters. The first-order chi connectivity index (χ1) is 13.2. The lowest BCUT2D eigenvalue weighted by molar-refractivity contribution is -0.384. The first-order valence-corrected chi connectivity index (χ1v) is 10.1. The molecule has 3 rings (SSSR count). The fourth-order valence-corrected chi connectivity index (χ4v) is 3.87. The third-order valence-corrected chi connectivity index (χ3v) is 5.67. The number of nitrogens with zero attached hydrogens (tertiary/aromatic N) is 3. The Bertz CT molecular complexity index is 1110. The number of nitrogens with one attached hydrogen (secondary N) is 1. The number of benzene rings is 2. The Hall–Kier alpha value is -3.04. The number of aromatic nitrogens is 2. The van der Waals surface area contributed by atoms with E-state index in [4.69, 9.17) is 0 Å². The lowest BCUT2D eigenvalue weighted by Gasteiger charge is -2.09. The molecule has 146 valence electrons. The highest BCUT2D eigenvalue weighted by atomic mass is 32.2. The molecule has 0 amide bonds. The van der Waals surface area contributed by atoms with Crippen molar-refractivity contribution in [3.05, 3.63) is 87.2 Å². The van der Waals surface area contributed by atoms with E-state index in [1.54, 1.807) is 0 Å². The Morgan fingerprint density at radius 2 is 1.75 bits per heavy atom. The van der Waals surface area contributed by atoms with Crippen LogP contribution in [0.15, 0.2) is 59.5 Å². The first-order valence-electron chi connectivity index (χ1n) is 8.57. The number of non-ortho nitro benzene ring substituents is 1. The van der Waals surface area contributed by atoms with Crippen LogP contribution in [0.5, 0.6) is 0 Å². The van der Waals surface area contributed by atoms with Crippen LogP contribution >= 0.6 is 0 Å². The zero-order valence-electron chi connectivity index (χ0n) is 15.5. The van der Waals surface area contributed by atoms with Crippen molar-refractivity contribution < 1.29 is 13.3 Å². The number of sulfonamides is 1. The number of nitro benzene ring substituents is 1. The Balaban J connectivity index is 1.70. The van der Waals surface area contributed by atoms with E-state index < -0.39 is 14.9 Å². The average molecular weight is 400 g/mol. The molecule has 0 saturated heterocycles. The van der Waals surface area contributed by atoms with E-state index in [1.807, 2.05) is 48.9 Å². The normalized spacial score (nSPS) is 11.5. The Morgan fingerprint density at radius 3 is 2.36 bits per heavy atom. The smallest absolute Gasteiger partial charge is 0.265 e. The molecule has 0 atom stereocenters. The second-order valence-electron chi connectivity index (χ2n) is 6.48. The molecule has 0 aliphatic rings. The van der Waals surface area contributed by atoms with E-state index in [0.717, 1.165) is 22.5 Å². The number of hydrogen-bond donors (Lipinski definition) is 1. The van der Waals surface area contributed by atoms with Crippen LogP contribution in [0, 0.1) is 24.0 Å². The third-order valence-electron chi connectivity index (χ3n) is 4.25. The van der Waals surface area contributed by atoms with Crippen LogP contribution < -0.4 is 4.72 Å². The van der Waals surface area contributed by atoms with Gasteiger partial charge in [0.1, 0.15) is 0 Å². The summed E-state index contributed by atoms with van der Waals surface area (Å²) < 4.78 is 29.3. The van der Waals surface area contributed by atoms with Gasteiger partial charge in [0, 0.05) is 24.4 Å². The molecule has 1 aromatic heterocycles. The minimum Gasteiger partial charge on any atom is -0.265 e. The molecule has 0 aliphatic carbocycles. The minimum atomic E-state index is -3.77. The van der Waals surface area contributed by atoms with Crippen LogP contribution in [0.25, 0.3) is 0 Å². The molecular weight excluding hydrogens is 380 g/mol. The number of hydrogen-bond acceptors (Lipinski definition) is 5. The summed E-state index contributed by atoms with van der Waals surface area (Å²) in [6.45, 7) is 4.64. The van der Waals surface area contributed by atoms with Crippen molar-refractivity contribution in [3.63, 3.8) is 0 Å². The van der Waals surface area contributed by atoms with Crippen molar-refractivity contribution in [3.8, 4) is 0 Å². The molecule has 0 saturated carbocycles. The van der Waals surface area contributed by atoms with Gasteiger partial charge < -0.3 is 0 Å². The van der Waals surface area contributed by atoms with E-state index in [-0.39, 0.29) is 17.1 Å². The maximum Gasteiger partial charge on any atom is 0.269 e. The third kappa shape index (κ3) is 4.62. The molecular formula is C19H20N4O4S. The maximum atomic E-state index is 12.4. The van der Waals surface area contributed by atoms with Gasteiger partial charge in [-0.05, 0) is 43.2 Å². The lowest BCUT2D eigenvalue weighted by atomic mass is 10.1. The van der Waals surface area contributed by atoms with E-state index in [2.05, 4.69) is 9.82 Å². The summed E-state index contributed by atoms with van der Waals surface area (Å²) in [5.74, 6) is 0. The summed E-state index contributed by atoms with van der Waals surface area (Å²) >= 11 is 0. The van der Waals surface area contributed by atoms with Gasteiger partial charge in [-0.2, -0.15) is 5.10 Å². The molecule has 9 heteroatoms. The molecule has 0 spiro atoms. The van der Waals surface area contributed by atoms with E-state index in [9.17, 15) is 18.5 Å². The summed E-state index contributed by atoms with van der Waals surface area (Å²) in [7, 11) is -3.77. The van der Waals surface area contributed by atoms with E-state index >= 15 is 0 Å². The standard InChI is InChI=1S/C19H20N4O4S/c1-14-10-15(2)22(21-14)13-17-5-3-4-16(11-17)12-20-28(26,27)19-8-6-18(7-9-19)23(24)25/h3-11,20H,12-13H2,1-2H3. The Kier molecular flexibility index (Phi) is 5.57. The van der Waals surface area contributed by atoms with Crippen LogP contribution in [0.2, 0.25) is 0 Å². The van der Waals surface area contributed by atoms with Crippen LogP contribution in [0.4, 0.5) is 5.69 Å². The Morgan fingerprint density at radius 1 is 1.07 bits per heavy atom. The van der Waals surface area contributed by atoms with Gasteiger partial charge >= 0.3 is 0 Å². The lowest BCUT2D eigenvalue weighted by Crippen LogP contribution is -2.23.